The molecule has 1 unspecified atom stereocenters. The van der Waals surface area contributed by atoms with E-state index in [2.05, 4.69) is 11.8 Å². The Morgan fingerprint density at radius 1 is 1.29 bits per heavy atom. The van der Waals surface area contributed by atoms with E-state index in [0.717, 1.165) is 24.2 Å². The largest absolute Gasteiger partial charge is 0.477 e. The zero-order valence-corrected chi connectivity index (χ0v) is 23.5. The van der Waals surface area contributed by atoms with Crippen LogP contribution in [0.4, 0.5) is 5.69 Å². The van der Waals surface area contributed by atoms with Gasteiger partial charge in [-0.25, -0.2) is 4.79 Å². The molecule has 2 heterocycles. The van der Waals surface area contributed by atoms with Crippen LogP contribution < -0.4 is 9.97 Å². The molecule has 1 aromatic heterocycles. The Morgan fingerprint density at radius 2 is 1.97 bits per heavy atom. The molecule has 1 aliphatic rings. The molecular weight excluding hydrogens is 528 g/mol. The normalized spacial score (nSPS) is 16.3. The lowest BCUT2D eigenvalue weighted by Crippen LogP contribution is -2.35. The zero-order valence-electron chi connectivity index (χ0n) is 20.3. The van der Waals surface area contributed by atoms with Gasteiger partial charge in [0.05, 0.1) is 27.5 Å². The third kappa shape index (κ3) is 7.04. The SMILES string of the molecule is CCOP(=O)(c1ccc(Cl)cc1Cl)N(CC1CCOCC1)c1cc(C#CC(C)(C)C)sc1C(=O)O. The number of hydrogen-bond acceptors (Lipinski definition) is 5. The van der Waals surface area contributed by atoms with E-state index < -0.39 is 13.5 Å². The summed E-state index contributed by atoms with van der Waals surface area (Å²) >= 11 is 13.7. The van der Waals surface area contributed by atoms with E-state index in [-0.39, 0.29) is 33.1 Å². The van der Waals surface area contributed by atoms with E-state index >= 15 is 0 Å². The monoisotopic (exact) mass is 557 g/mol. The predicted octanol–water partition coefficient (Wildman–Crippen LogP) is 6.94. The van der Waals surface area contributed by atoms with Gasteiger partial charge < -0.3 is 14.4 Å². The highest BCUT2D eigenvalue weighted by atomic mass is 35.5. The summed E-state index contributed by atoms with van der Waals surface area (Å²) in [5.41, 5.74) is 0.0576. The minimum atomic E-state index is -3.84. The number of carboxylic acid groups (broad SMARTS) is 1. The number of thiophene rings is 1. The number of aromatic carboxylic acids is 1. The van der Waals surface area contributed by atoms with Gasteiger partial charge in [0.1, 0.15) is 4.88 Å². The molecule has 0 bridgehead atoms. The lowest BCUT2D eigenvalue weighted by atomic mass is 9.98. The Labute approximate surface area is 221 Å². The van der Waals surface area contributed by atoms with E-state index in [9.17, 15) is 14.5 Å². The van der Waals surface area contributed by atoms with Gasteiger partial charge in [0.2, 0.25) is 0 Å². The Hall–Kier alpha value is -1.52. The molecule has 2 aromatic rings. The summed E-state index contributed by atoms with van der Waals surface area (Å²) < 4.78 is 27.8. The standard InChI is InChI=1S/C25H30Cl2NO5PS/c1-5-33-34(31,22-7-6-18(26)14-20(22)27)28(16-17-9-12-32-13-10-17)21-15-19(8-11-25(2,3)4)35-23(21)24(29)30/h6-7,14-15,17H,5,9-10,12-13,16H2,1-4H3,(H,29,30). The molecule has 35 heavy (non-hydrogen) atoms. The number of anilines is 1. The molecule has 6 nitrogen and oxygen atoms in total. The fraction of sp³-hybridized carbons (Fsp3) is 0.480. The molecule has 1 fully saturated rings. The van der Waals surface area contributed by atoms with Crippen molar-refractivity contribution in [3.63, 3.8) is 0 Å². The number of benzene rings is 1. The molecule has 1 atom stereocenters. The first kappa shape index (κ1) is 28.1. The van der Waals surface area contributed by atoms with Gasteiger partial charge in [0.25, 0.3) is 0 Å². The van der Waals surface area contributed by atoms with Crippen molar-refractivity contribution in [1.82, 2.24) is 0 Å². The van der Waals surface area contributed by atoms with E-state index in [1.54, 1.807) is 29.8 Å². The molecule has 3 rings (SSSR count). The van der Waals surface area contributed by atoms with Crippen molar-refractivity contribution in [1.29, 1.82) is 0 Å². The third-order valence-electron chi connectivity index (χ3n) is 5.35. The summed E-state index contributed by atoms with van der Waals surface area (Å²) in [5.74, 6) is 5.25. The maximum absolute atomic E-state index is 14.7. The van der Waals surface area contributed by atoms with Gasteiger partial charge >= 0.3 is 13.5 Å². The second-order valence-corrected chi connectivity index (χ2v) is 13.5. The van der Waals surface area contributed by atoms with Crippen molar-refractivity contribution in [2.45, 2.75) is 40.5 Å². The molecule has 190 valence electrons. The van der Waals surface area contributed by atoms with Crippen LogP contribution in [0.1, 0.15) is 55.1 Å². The first-order chi connectivity index (χ1) is 16.4. The molecule has 0 spiro atoms. The highest BCUT2D eigenvalue weighted by Crippen LogP contribution is 2.56. The second kappa shape index (κ2) is 11.7. The third-order valence-corrected chi connectivity index (χ3v) is 9.68. The van der Waals surface area contributed by atoms with Gasteiger partial charge in [-0.05, 0) is 70.7 Å². The number of rotatable bonds is 8. The molecule has 0 amide bonds. The summed E-state index contributed by atoms with van der Waals surface area (Å²) in [7, 11) is -3.84. The van der Waals surface area contributed by atoms with Crippen molar-refractivity contribution in [3.05, 3.63) is 44.1 Å². The minimum absolute atomic E-state index is 0.0558. The van der Waals surface area contributed by atoms with Crippen molar-refractivity contribution < 1.29 is 23.7 Å². The average Bonchev–Trinajstić information content (AvgIpc) is 3.20. The van der Waals surface area contributed by atoms with E-state index in [0.29, 0.717) is 35.3 Å². The van der Waals surface area contributed by atoms with Crippen molar-refractivity contribution in [2.75, 3.05) is 31.0 Å². The van der Waals surface area contributed by atoms with Crippen LogP contribution in [0.5, 0.6) is 0 Å². The van der Waals surface area contributed by atoms with Gasteiger partial charge in [0.15, 0.2) is 0 Å². The molecular formula is C25H30Cl2NO5PS. The zero-order chi connectivity index (χ0) is 25.8. The van der Waals surface area contributed by atoms with Crippen LogP contribution in [0.15, 0.2) is 24.3 Å². The molecule has 1 saturated heterocycles. The number of hydrogen-bond donors (Lipinski definition) is 1. The summed E-state index contributed by atoms with van der Waals surface area (Å²) in [5, 5.41) is 10.9. The summed E-state index contributed by atoms with van der Waals surface area (Å²) in [6.07, 6.45) is 1.53. The van der Waals surface area contributed by atoms with Crippen LogP contribution in [0, 0.1) is 23.2 Å². The molecule has 10 heteroatoms. The molecule has 1 aromatic carbocycles. The topological polar surface area (TPSA) is 76.1 Å². The first-order valence-electron chi connectivity index (χ1n) is 11.4. The van der Waals surface area contributed by atoms with E-state index in [1.807, 2.05) is 20.8 Å². The average molecular weight is 558 g/mol. The molecule has 0 radical (unpaired) electrons. The molecule has 0 aliphatic carbocycles. The maximum atomic E-state index is 14.7. The highest BCUT2D eigenvalue weighted by molar-refractivity contribution is 7.68. The van der Waals surface area contributed by atoms with Gasteiger partial charge in [-0.1, -0.05) is 35.0 Å². The number of halogens is 2. The predicted molar refractivity (Wildman–Crippen MR) is 144 cm³/mol. The molecule has 1 aliphatic heterocycles. The second-order valence-electron chi connectivity index (χ2n) is 9.30. The van der Waals surface area contributed by atoms with Crippen molar-refractivity contribution in [3.8, 4) is 11.8 Å². The van der Waals surface area contributed by atoms with Crippen molar-refractivity contribution >= 4 is 59.0 Å². The van der Waals surface area contributed by atoms with Crippen molar-refractivity contribution in [2.24, 2.45) is 11.3 Å². The van der Waals surface area contributed by atoms with Gasteiger partial charge in [-0.3, -0.25) is 9.24 Å². The van der Waals surface area contributed by atoms with Crippen LogP contribution in [0.25, 0.3) is 0 Å². The van der Waals surface area contributed by atoms with E-state index in [1.165, 1.54) is 6.07 Å². The maximum Gasteiger partial charge on any atom is 0.348 e. The van der Waals surface area contributed by atoms with E-state index in [4.69, 9.17) is 32.5 Å². The smallest absolute Gasteiger partial charge is 0.348 e. The van der Waals surface area contributed by atoms with Crippen LogP contribution in [0.2, 0.25) is 10.0 Å². The summed E-state index contributed by atoms with van der Waals surface area (Å²) in [6, 6.07) is 6.41. The van der Waals surface area contributed by atoms with Crippen LogP contribution in [0.3, 0.4) is 0 Å². The van der Waals surface area contributed by atoms with Gasteiger partial charge in [-0.2, -0.15) is 0 Å². The number of nitrogens with zero attached hydrogens (tertiary/aromatic N) is 1. The fourth-order valence-corrected chi connectivity index (χ4v) is 7.74. The Morgan fingerprint density at radius 3 is 2.54 bits per heavy atom. The van der Waals surface area contributed by atoms with Gasteiger partial charge in [-0.15, -0.1) is 11.3 Å². The van der Waals surface area contributed by atoms with Crippen LogP contribution in [-0.4, -0.2) is 37.4 Å². The van der Waals surface area contributed by atoms with Crippen LogP contribution in [-0.2, 0) is 13.8 Å². The summed E-state index contributed by atoms with van der Waals surface area (Å²) in [6.45, 7) is 9.34. The number of carboxylic acids is 1. The minimum Gasteiger partial charge on any atom is -0.477 e. The number of carbonyl (C=O) groups is 1. The quantitative estimate of drug-likeness (QED) is 0.280. The Balaban J connectivity index is 2.21. The van der Waals surface area contributed by atoms with Crippen LogP contribution >= 0.6 is 42.1 Å². The summed E-state index contributed by atoms with van der Waals surface area (Å²) in [4.78, 5) is 12.9. The molecule has 0 saturated carbocycles. The fourth-order valence-electron chi connectivity index (χ4n) is 3.71. The molecule has 1 N–H and O–H groups in total. The number of ether oxygens (including phenoxy) is 1. The Kier molecular flexibility index (Phi) is 9.37. The van der Waals surface area contributed by atoms with Gasteiger partial charge in [0, 0.05) is 30.2 Å². The lowest BCUT2D eigenvalue weighted by molar-refractivity contribution is 0.0683. The highest BCUT2D eigenvalue weighted by Gasteiger charge is 2.40. The Bertz CT molecular complexity index is 1170. The first-order valence-corrected chi connectivity index (χ1v) is 14.6. The lowest BCUT2D eigenvalue weighted by Gasteiger charge is -2.36.